The third-order valence-corrected chi connectivity index (χ3v) is 3.63. The number of rotatable bonds is 8. The molecule has 0 aliphatic heterocycles. The molecule has 0 aromatic heterocycles. The second kappa shape index (κ2) is 13.3. The largest absolute Gasteiger partial charge is 0.229 e. The highest BCUT2D eigenvalue weighted by Crippen LogP contribution is 2.36. The molecule has 0 aliphatic rings. The van der Waals surface area contributed by atoms with Crippen LogP contribution < -0.4 is 0 Å². The van der Waals surface area contributed by atoms with Gasteiger partial charge in [-0.3, -0.25) is 0 Å². The Morgan fingerprint density at radius 2 is 1.31 bits per heavy atom. The molecule has 0 unspecified atom stereocenters. The number of alkyl halides is 2. The molecule has 0 radical (unpaired) electrons. The predicted octanol–water partition coefficient (Wildman–Crippen LogP) is 5.58. The molecule has 0 aromatic carbocycles. The fourth-order valence-electron chi connectivity index (χ4n) is 2.22. The zero-order chi connectivity index (χ0) is 12.9. The highest BCUT2D eigenvalue weighted by atomic mass is 32.1. The molecule has 0 amide bonds. The highest BCUT2D eigenvalue weighted by Gasteiger charge is 2.25. The first-order chi connectivity index (χ1) is 7.66. The predicted molar refractivity (Wildman–Crippen MR) is 72.7 cm³/mol. The van der Waals surface area contributed by atoms with Gasteiger partial charge in [0.2, 0.25) is 6.93 Å². The second-order valence-electron chi connectivity index (χ2n) is 4.36. The molecule has 0 spiro atoms. The molecule has 0 aliphatic carbocycles. The van der Waals surface area contributed by atoms with Gasteiger partial charge in [0.15, 0.2) is 0 Å². The lowest BCUT2D eigenvalue weighted by molar-refractivity contribution is 0.245. The molecule has 0 heterocycles. The van der Waals surface area contributed by atoms with Crippen molar-refractivity contribution >= 4 is 12.6 Å². The topological polar surface area (TPSA) is 0 Å². The zero-order valence-electron chi connectivity index (χ0n) is 11.1. The molecule has 0 aromatic rings. The van der Waals surface area contributed by atoms with Crippen LogP contribution in [0.25, 0.3) is 0 Å². The van der Waals surface area contributed by atoms with Gasteiger partial charge in [0.1, 0.15) is 0 Å². The standard InChI is InChI=1S/C12H26S.CH2F2/c1-4-7-10-12(11-13,8-5-2)9-6-3;2-1-3/h13H,4-11H2,1-3H3;1H2. The summed E-state index contributed by atoms with van der Waals surface area (Å²) in [6.07, 6.45) is 9.43. The molecule has 3 heteroatoms. The van der Waals surface area contributed by atoms with E-state index in [9.17, 15) is 8.78 Å². The molecule has 0 bridgehead atoms. The molecular formula is C13H28F2S. The summed E-state index contributed by atoms with van der Waals surface area (Å²) in [5, 5.41) is 0. The van der Waals surface area contributed by atoms with Gasteiger partial charge < -0.3 is 0 Å². The molecule has 0 rings (SSSR count). The molecule has 0 saturated carbocycles. The van der Waals surface area contributed by atoms with Crippen LogP contribution in [-0.4, -0.2) is 12.7 Å². The van der Waals surface area contributed by atoms with Gasteiger partial charge in [0.05, 0.1) is 0 Å². The SMILES string of the molecule is CCCCC(CS)(CCC)CCC.FCF. The van der Waals surface area contributed by atoms with Crippen molar-refractivity contribution in [3.63, 3.8) is 0 Å². The summed E-state index contributed by atoms with van der Waals surface area (Å²) < 4.78 is 19.2. The number of halogens is 2. The minimum Gasteiger partial charge on any atom is -0.214 e. The third kappa shape index (κ3) is 9.44. The Morgan fingerprint density at radius 3 is 1.56 bits per heavy atom. The fraction of sp³-hybridized carbons (Fsp3) is 1.00. The summed E-state index contributed by atoms with van der Waals surface area (Å²) in [5.74, 6) is 1.08. The van der Waals surface area contributed by atoms with Gasteiger partial charge in [-0.1, -0.05) is 46.5 Å². The summed E-state index contributed by atoms with van der Waals surface area (Å²) in [5.41, 5.74) is 0.558. The molecule has 16 heavy (non-hydrogen) atoms. The molecule has 0 nitrogen and oxygen atoms in total. The van der Waals surface area contributed by atoms with Crippen LogP contribution in [0.3, 0.4) is 0 Å². The lowest BCUT2D eigenvalue weighted by atomic mass is 9.77. The van der Waals surface area contributed by atoms with Crippen molar-refractivity contribution < 1.29 is 8.78 Å². The monoisotopic (exact) mass is 254 g/mol. The molecule has 0 fully saturated rings. The minimum absolute atomic E-state index is 0.558. The molecule has 0 N–H and O–H groups in total. The maximum Gasteiger partial charge on any atom is 0.229 e. The molecular weight excluding hydrogens is 226 g/mol. The Balaban J connectivity index is 0. The zero-order valence-corrected chi connectivity index (χ0v) is 12.0. The number of unbranched alkanes of at least 4 members (excludes halogenated alkanes) is 1. The van der Waals surface area contributed by atoms with Crippen LogP contribution in [0.4, 0.5) is 8.78 Å². The van der Waals surface area contributed by atoms with E-state index in [1.165, 1.54) is 44.9 Å². The Morgan fingerprint density at radius 1 is 0.875 bits per heavy atom. The van der Waals surface area contributed by atoms with Crippen molar-refractivity contribution in [2.75, 3.05) is 12.7 Å². The summed E-state index contributed by atoms with van der Waals surface area (Å²) in [6.45, 7) is 5.11. The van der Waals surface area contributed by atoms with E-state index >= 15 is 0 Å². The average Bonchev–Trinajstić information content (AvgIpc) is 2.27. The quantitative estimate of drug-likeness (QED) is 0.537. The van der Waals surface area contributed by atoms with E-state index in [2.05, 4.69) is 33.4 Å². The van der Waals surface area contributed by atoms with Crippen LogP contribution in [0, 0.1) is 5.41 Å². The van der Waals surface area contributed by atoms with Gasteiger partial charge >= 0.3 is 0 Å². The Bertz CT molecular complexity index is 123. The summed E-state index contributed by atoms with van der Waals surface area (Å²) in [4.78, 5) is 0. The van der Waals surface area contributed by atoms with Gasteiger partial charge in [-0.25, -0.2) is 8.78 Å². The first-order valence-electron chi connectivity index (χ1n) is 6.39. The molecule has 0 saturated heterocycles. The molecule has 100 valence electrons. The van der Waals surface area contributed by atoms with Crippen LogP contribution >= 0.6 is 12.6 Å². The smallest absolute Gasteiger partial charge is 0.214 e. The highest BCUT2D eigenvalue weighted by molar-refractivity contribution is 7.80. The van der Waals surface area contributed by atoms with Crippen LogP contribution in [0.5, 0.6) is 0 Å². The van der Waals surface area contributed by atoms with E-state index in [1.807, 2.05) is 0 Å². The maximum absolute atomic E-state index is 9.62. The Hall–Kier alpha value is 0.210. The van der Waals surface area contributed by atoms with Gasteiger partial charge in [-0.2, -0.15) is 12.6 Å². The van der Waals surface area contributed by atoms with Gasteiger partial charge in [0.25, 0.3) is 0 Å². The normalized spacial score (nSPS) is 10.9. The van der Waals surface area contributed by atoms with Crippen LogP contribution in [0.15, 0.2) is 0 Å². The number of thiol groups is 1. The van der Waals surface area contributed by atoms with Crippen LogP contribution in [0.1, 0.15) is 65.7 Å². The van der Waals surface area contributed by atoms with E-state index in [0.717, 1.165) is 5.75 Å². The first-order valence-corrected chi connectivity index (χ1v) is 7.02. The van der Waals surface area contributed by atoms with Gasteiger partial charge in [0, 0.05) is 0 Å². The van der Waals surface area contributed by atoms with Crippen molar-refractivity contribution in [2.45, 2.75) is 65.7 Å². The van der Waals surface area contributed by atoms with Crippen molar-refractivity contribution in [3.8, 4) is 0 Å². The molecule has 0 atom stereocenters. The van der Waals surface area contributed by atoms with Crippen molar-refractivity contribution in [3.05, 3.63) is 0 Å². The van der Waals surface area contributed by atoms with Crippen molar-refractivity contribution in [1.29, 1.82) is 0 Å². The van der Waals surface area contributed by atoms with Gasteiger partial charge in [-0.15, -0.1) is 0 Å². The summed E-state index contributed by atoms with van der Waals surface area (Å²) in [7, 11) is 0. The lowest BCUT2D eigenvalue weighted by Crippen LogP contribution is -2.22. The number of hydrogen-bond acceptors (Lipinski definition) is 1. The van der Waals surface area contributed by atoms with Crippen molar-refractivity contribution in [2.24, 2.45) is 5.41 Å². The van der Waals surface area contributed by atoms with E-state index in [-0.39, 0.29) is 0 Å². The van der Waals surface area contributed by atoms with Crippen molar-refractivity contribution in [1.82, 2.24) is 0 Å². The van der Waals surface area contributed by atoms with Gasteiger partial charge in [-0.05, 0) is 30.4 Å². The van der Waals surface area contributed by atoms with Crippen LogP contribution in [0.2, 0.25) is 0 Å². The first kappa shape index (κ1) is 18.6. The summed E-state index contributed by atoms with van der Waals surface area (Å²) >= 11 is 4.54. The fourth-order valence-corrected chi connectivity index (χ4v) is 2.70. The number of hydrogen-bond donors (Lipinski definition) is 1. The maximum atomic E-state index is 9.62. The Labute approximate surface area is 106 Å². The van der Waals surface area contributed by atoms with E-state index in [0.29, 0.717) is 5.41 Å². The van der Waals surface area contributed by atoms with E-state index in [4.69, 9.17) is 0 Å². The summed E-state index contributed by atoms with van der Waals surface area (Å²) in [6, 6.07) is 0. The minimum atomic E-state index is -1.75. The second-order valence-corrected chi connectivity index (χ2v) is 4.68. The average molecular weight is 254 g/mol. The Kier molecular flexibility index (Phi) is 15.4. The van der Waals surface area contributed by atoms with Crippen LogP contribution in [-0.2, 0) is 0 Å². The third-order valence-electron chi connectivity index (χ3n) is 2.96. The van der Waals surface area contributed by atoms with E-state index in [1.54, 1.807) is 0 Å². The lowest BCUT2D eigenvalue weighted by Gasteiger charge is -2.32. The van der Waals surface area contributed by atoms with E-state index < -0.39 is 6.93 Å².